The average Bonchev–Trinajstić information content (AvgIpc) is 3.20. The van der Waals surface area contributed by atoms with E-state index in [1.54, 1.807) is 12.5 Å². The molecule has 1 aromatic carbocycles. The number of aromatic amines is 1. The Bertz CT molecular complexity index is 1150. The van der Waals surface area contributed by atoms with E-state index in [9.17, 15) is 0 Å². The van der Waals surface area contributed by atoms with Crippen LogP contribution in [0.5, 0.6) is 0 Å². The number of nitrogens with zero attached hydrogens (tertiary/aromatic N) is 6. The molecule has 0 unspecified atom stereocenters. The van der Waals surface area contributed by atoms with E-state index in [2.05, 4.69) is 60.9 Å². The van der Waals surface area contributed by atoms with Gasteiger partial charge in [0.05, 0.1) is 16.9 Å². The first-order chi connectivity index (χ1) is 14.7. The number of piperazine rings is 1. The first kappa shape index (κ1) is 19.0. The second-order valence-corrected chi connectivity index (χ2v) is 8.02. The minimum atomic E-state index is 0.645. The molecule has 0 atom stereocenters. The molecule has 4 aromatic rings. The Hall–Kier alpha value is -3.03. The Kier molecular flexibility index (Phi) is 5.06. The fraction of sp³-hybridized carbons (Fsp3) is 0.273. The van der Waals surface area contributed by atoms with Crippen molar-refractivity contribution in [2.75, 3.05) is 31.1 Å². The highest BCUT2D eigenvalue weighted by atomic mass is 35.5. The molecule has 8 heteroatoms. The normalized spacial score (nSPS) is 15.1. The van der Waals surface area contributed by atoms with Crippen molar-refractivity contribution in [3.63, 3.8) is 0 Å². The first-order valence-corrected chi connectivity index (χ1v) is 10.4. The number of aromatic nitrogens is 5. The smallest absolute Gasteiger partial charge is 0.180 e. The molecule has 152 valence electrons. The van der Waals surface area contributed by atoms with E-state index in [-0.39, 0.29) is 0 Å². The van der Waals surface area contributed by atoms with Crippen molar-refractivity contribution >= 4 is 28.5 Å². The third-order valence-electron chi connectivity index (χ3n) is 5.48. The predicted octanol–water partition coefficient (Wildman–Crippen LogP) is 3.70. The minimum Gasteiger partial charge on any atom is -0.366 e. The minimum absolute atomic E-state index is 0.645. The van der Waals surface area contributed by atoms with E-state index in [0.717, 1.165) is 60.9 Å². The molecule has 0 saturated carbocycles. The SMILES string of the molecule is Cc1ccc(-c2nc3ncc(Cl)c(N4CCN(Cc5cncnc5)CC4)c3[nH]2)cc1. The first-order valence-electron chi connectivity index (χ1n) is 10.00. The van der Waals surface area contributed by atoms with Crippen LogP contribution in [0.15, 0.2) is 49.2 Å². The van der Waals surface area contributed by atoms with E-state index in [1.807, 2.05) is 12.4 Å². The molecule has 3 aromatic heterocycles. The molecule has 0 amide bonds. The maximum absolute atomic E-state index is 6.60. The van der Waals surface area contributed by atoms with Crippen molar-refractivity contribution < 1.29 is 0 Å². The molecular formula is C22H22ClN7. The number of H-pyrrole nitrogens is 1. The summed E-state index contributed by atoms with van der Waals surface area (Å²) in [5, 5.41) is 0.645. The van der Waals surface area contributed by atoms with Gasteiger partial charge in [0.15, 0.2) is 5.65 Å². The lowest BCUT2D eigenvalue weighted by atomic mass is 10.1. The number of rotatable bonds is 4. The number of aryl methyl sites for hydroxylation is 1. The van der Waals surface area contributed by atoms with Gasteiger partial charge in [0, 0.05) is 56.2 Å². The van der Waals surface area contributed by atoms with Crippen molar-refractivity contribution in [1.82, 2.24) is 29.8 Å². The number of halogens is 1. The van der Waals surface area contributed by atoms with Gasteiger partial charge in [0.1, 0.15) is 17.7 Å². The van der Waals surface area contributed by atoms with Crippen LogP contribution in [0, 0.1) is 6.92 Å². The fourth-order valence-corrected chi connectivity index (χ4v) is 4.14. The summed E-state index contributed by atoms with van der Waals surface area (Å²) in [4.78, 5) is 25.6. The summed E-state index contributed by atoms with van der Waals surface area (Å²) in [6.45, 7) is 6.57. The molecule has 30 heavy (non-hydrogen) atoms. The predicted molar refractivity (Wildman–Crippen MR) is 119 cm³/mol. The van der Waals surface area contributed by atoms with Gasteiger partial charge in [0.2, 0.25) is 0 Å². The zero-order chi connectivity index (χ0) is 20.5. The van der Waals surface area contributed by atoms with Crippen LogP contribution in [0.4, 0.5) is 5.69 Å². The second kappa shape index (κ2) is 8.01. The number of hydrogen-bond acceptors (Lipinski definition) is 6. The van der Waals surface area contributed by atoms with Gasteiger partial charge in [-0.1, -0.05) is 41.4 Å². The fourth-order valence-electron chi connectivity index (χ4n) is 3.88. The number of pyridine rings is 1. The van der Waals surface area contributed by atoms with E-state index in [0.29, 0.717) is 10.7 Å². The maximum Gasteiger partial charge on any atom is 0.180 e. The van der Waals surface area contributed by atoms with Crippen LogP contribution in [0.3, 0.4) is 0 Å². The van der Waals surface area contributed by atoms with Gasteiger partial charge < -0.3 is 9.88 Å². The molecule has 0 bridgehead atoms. The highest BCUT2D eigenvalue weighted by Crippen LogP contribution is 2.34. The highest BCUT2D eigenvalue weighted by molar-refractivity contribution is 6.34. The lowest BCUT2D eigenvalue weighted by Crippen LogP contribution is -2.46. The molecule has 1 aliphatic rings. The summed E-state index contributed by atoms with van der Waals surface area (Å²) in [6, 6.07) is 8.31. The quantitative estimate of drug-likeness (QED) is 0.543. The maximum atomic E-state index is 6.60. The number of imidazole rings is 1. The number of nitrogens with one attached hydrogen (secondary N) is 1. The molecule has 0 spiro atoms. The molecular weight excluding hydrogens is 398 g/mol. The van der Waals surface area contributed by atoms with Crippen LogP contribution >= 0.6 is 11.6 Å². The van der Waals surface area contributed by atoms with Crippen molar-refractivity contribution in [2.24, 2.45) is 0 Å². The second-order valence-electron chi connectivity index (χ2n) is 7.61. The van der Waals surface area contributed by atoms with Crippen LogP contribution in [0.1, 0.15) is 11.1 Å². The van der Waals surface area contributed by atoms with Gasteiger partial charge in [-0.25, -0.2) is 19.9 Å². The summed E-state index contributed by atoms with van der Waals surface area (Å²) in [5.74, 6) is 0.809. The van der Waals surface area contributed by atoms with Crippen LogP contribution < -0.4 is 4.90 Å². The van der Waals surface area contributed by atoms with Crippen molar-refractivity contribution in [3.8, 4) is 11.4 Å². The Morgan fingerprint density at radius 2 is 1.73 bits per heavy atom. The Balaban J connectivity index is 1.39. The standard InChI is InChI=1S/C22H22ClN7/c1-15-2-4-17(5-3-15)21-27-19-20(18(23)12-26-22(19)28-21)30-8-6-29(7-9-30)13-16-10-24-14-25-11-16/h2-5,10-12,14H,6-9,13H2,1H3,(H,26,27,28). The molecule has 0 radical (unpaired) electrons. The van der Waals surface area contributed by atoms with Gasteiger partial charge in [0.25, 0.3) is 0 Å². The molecule has 1 aliphatic heterocycles. The van der Waals surface area contributed by atoms with Gasteiger partial charge in [-0.05, 0) is 6.92 Å². The molecule has 7 nitrogen and oxygen atoms in total. The third-order valence-corrected chi connectivity index (χ3v) is 5.76. The van der Waals surface area contributed by atoms with Crippen molar-refractivity contribution in [2.45, 2.75) is 13.5 Å². The van der Waals surface area contributed by atoms with Gasteiger partial charge >= 0.3 is 0 Å². The summed E-state index contributed by atoms with van der Waals surface area (Å²) in [5.41, 5.74) is 5.95. The lowest BCUT2D eigenvalue weighted by Gasteiger charge is -2.36. The van der Waals surface area contributed by atoms with Crippen LogP contribution in [-0.4, -0.2) is 56.0 Å². The summed E-state index contributed by atoms with van der Waals surface area (Å²) < 4.78 is 0. The molecule has 4 heterocycles. The highest BCUT2D eigenvalue weighted by Gasteiger charge is 2.23. The lowest BCUT2D eigenvalue weighted by molar-refractivity contribution is 0.249. The largest absolute Gasteiger partial charge is 0.366 e. The molecule has 0 aliphatic carbocycles. The molecule has 1 fully saturated rings. The molecule has 1 saturated heterocycles. The van der Waals surface area contributed by atoms with Crippen LogP contribution in [0.25, 0.3) is 22.6 Å². The zero-order valence-electron chi connectivity index (χ0n) is 16.7. The average molecular weight is 420 g/mol. The van der Waals surface area contributed by atoms with Crippen molar-refractivity contribution in [1.29, 1.82) is 0 Å². The monoisotopic (exact) mass is 419 g/mol. The third kappa shape index (κ3) is 3.74. The summed E-state index contributed by atoms with van der Waals surface area (Å²) in [7, 11) is 0. The molecule has 5 rings (SSSR count). The van der Waals surface area contributed by atoms with E-state index >= 15 is 0 Å². The Morgan fingerprint density at radius 1 is 1.00 bits per heavy atom. The topological polar surface area (TPSA) is 73.8 Å². The number of fused-ring (bicyclic) bond motifs is 1. The van der Waals surface area contributed by atoms with Crippen LogP contribution in [0.2, 0.25) is 5.02 Å². The van der Waals surface area contributed by atoms with Crippen LogP contribution in [-0.2, 0) is 6.54 Å². The number of benzene rings is 1. The molecule has 1 N–H and O–H groups in total. The van der Waals surface area contributed by atoms with Crippen molar-refractivity contribution in [3.05, 3.63) is 65.3 Å². The van der Waals surface area contributed by atoms with E-state index in [4.69, 9.17) is 16.6 Å². The van der Waals surface area contributed by atoms with E-state index in [1.165, 1.54) is 5.56 Å². The summed E-state index contributed by atoms with van der Waals surface area (Å²) >= 11 is 6.60. The van der Waals surface area contributed by atoms with Gasteiger partial charge in [-0.3, -0.25) is 4.90 Å². The number of hydrogen-bond donors (Lipinski definition) is 1. The Labute approximate surface area is 179 Å². The zero-order valence-corrected chi connectivity index (χ0v) is 17.5. The van der Waals surface area contributed by atoms with Gasteiger partial charge in [-0.15, -0.1) is 0 Å². The number of anilines is 1. The van der Waals surface area contributed by atoms with E-state index < -0.39 is 0 Å². The summed E-state index contributed by atoms with van der Waals surface area (Å²) in [6.07, 6.45) is 7.01. The van der Waals surface area contributed by atoms with Gasteiger partial charge in [-0.2, -0.15) is 0 Å². The Morgan fingerprint density at radius 3 is 2.47 bits per heavy atom.